The number of non-ortho nitro benzene ring substituents is 1. The van der Waals surface area contributed by atoms with Crippen LogP contribution in [-0.4, -0.2) is 20.7 Å². The summed E-state index contributed by atoms with van der Waals surface area (Å²) in [7, 11) is 0. The van der Waals surface area contributed by atoms with E-state index in [9.17, 15) is 15.2 Å². The van der Waals surface area contributed by atoms with E-state index in [0.29, 0.717) is 11.4 Å². The first-order chi connectivity index (χ1) is 9.08. The van der Waals surface area contributed by atoms with E-state index in [-0.39, 0.29) is 17.1 Å². The fourth-order valence-corrected chi connectivity index (χ4v) is 1.53. The molecule has 0 fully saturated rings. The number of pyridine rings is 1. The molecule has 0 atom stereocenters. The second-order valence-electron chi connectivity index (χ2n) is 3.84. The van der Waals surface area contributed by atoms with Crippen molar-refractivity contribution in [3.63, 3.8) is 0 Å². The zero-order valence-electron chi connectivity index (χ0n) is 10.1. The molecule has 1 aromatic heterocycles. The Kier molecular flexibility index (Phi) is 3.51. The first-order valence-electron chi connectivity index (χ1n) is 5.52. The van der Waals surface area contributed by atoms with Gasteiger partial charge in [-0.15, -0.1) is 0 Å². The van der Waals surface area contributed by atoms with Gasteiger partial charge >= 0.3 is 0 Å². The van der Waals surface area contributed by atoms with Gasteiger partial charge in [0.1, 0.15) is 11.4 Å². The molecule has 6 heteroatoms. The summed E-state index contributed by atoms with van der Waals surface area (Å²) in [5.74, 6) is -0.110. The highest BCUT2D eigenvalue weighted by molar-refractivity contribution is 5.98. The second kappa shape index (κ2) is 5.26. The molecule has 2 rings (SSSR count). The van der Waals surface area contributed by atoms with Crippen LogP contribution in [0.1, 0.15) is 12.6 Å². The molecule has 0 saturated carbocycles. The largest absolute Gasteiger partial charge is 0.506 e. The lowest BCUT2D eigenvalue weighted by atomic mass is 10.2. The number of rotatable bonds is 3. The van der Waals surface area contributed by atoms with Crippen molar-refractivity contribution < 1.29 is 10.0 Å². The van der Waals surface area contributed by atoms with Gasteiger partial charge in [-0.2, -0.15) is 0 Å². The molecule has 0 aliphatic carbocycles. The standard InChI is InChI=1S/C13H11N3O3/c1-9(11-4-2-3-7-14-11)15-12-8-10(16(18)19)5-6-13(12)17/h2-8,17H,1H3. The first kappa shape index (κ1) is 12.7. The molecule has 0 radical (unpaired) electrons. The number of nitro benzene ring substituents is 1. The summed E-state index contributed by atoms with van der Waals surface area (Å²) in [4.78, 5) is 18.4. The van der Waals surface area contributed by atoms with Crippen LogP contribution in [0.5, 0.6) is 5.75 Å². The third-order valence-corrected chi connectivity index (χ3v) is 2.49. The Morgan fingerprint density at radius 1 is 1.37 bits per heavy atom. The van der Waals surface area contributed by atoms with Crippen LogP contribution in [0.2, 0.25) is 0 Å². The minimum absolute atomic E-state index is 0.110. The maximum absolute atomic E-state index is 10.7. The second-order valence-corrected chi connectivity index (χ2v) is 3.84. The number of aromatic nitrogens is 1. The molecule has 1 heterocycles. The summed E-state index contributed by atoms with van der Waals surface area (Å²) in [6, 6.07) is 9.07. The third-order valence-electron chi connectivity index (χ3n) is 2.49. The van der Waals surface area contributed by atoms with Crippen LogP contribution in [0.25, 0.3) is 0 Å². The van der Waals surface area contributed by atoms with Crippen molar-refractivity contribution in [3.8, 4) is 5.75 Å². The molecule has 1 aromatic carbocycles. The summed E-state index contributed by atoms with van der Waals surface area (Å²) in [5.41, 5.74) is 1.24. The van der Waals surface area contributed by atoms with Gasteiger partial charge < -0.3 is 5.11 Å². The smallest absolute Gasteiger partial charge is 0.271 e. The molecule has 0 aliphatic rings. The maximum Gasteiger partial charge on any atom is 0.271 e. The normalized spacial score (nSPS) is 11.3. The van der Waals surface area contributed by atoms with E-state index in [4.69, 9.17) is 0 Å². The molecule has 1 N–H and O–H groups in total. The zero-order valence-corrected chi connectivity index (χ0v) is 10.1. The number of hydrogen-bond donors (Lipinski definition) is 1. The predicted octanol–water partition coefficient (Wildman–Crippen LogP) is 2.84. The monoisotopic (exact) mass is 257 g/mol. The first-order valence-corrected chi connectivity index (χ1v) is 5.52. The number of benzene rings is 1. The lowest BCUT2D eigenvalue weighted by molar-refractivity contribution is -0.384. The Morgan fingerprint density at radius 2 is 2.16 bits per heavy atom. The van der Waals surface area contributed by atoms with E-state index in [0.717, 1.165) is 0 Å². The van der Waals surface area contributed by atoms with Crippen LogP contribution < -0.4 is 0 Å². The summed E-state index contributed by atoms with van der Waals surface area (Å²) in [6.07, 6.45) is 1.63. The Hall–Kier alpha value is -2.76. The summed E-state index contributed by atoms with van der Waals surface area (Å²) >= 11 is 0. The molecule has 0 spiro atoms. The number of nitro groups is 1. The fraction of sp³-hybridized carbons (Fsp3) is 0.0769. The summed E-state index contributed by atoms with van der Waals surface area (Å²) in [6.45, 7) is 1.72. The van der Waals surface area contributed by atoms with Gasteiger partial charge in [-0.25, -0.2) is 4.99 Å². The number of phenolic OH excluding ortho intramolecular Hbond substituents is 1. The van der Waals surface area contributed by atoms with Crippen molar-refractivity contribution in [2.24, 2.45) is 4.99 Å². The summed E-state index contributed by atoms with van der Waals surface area (Å²) < 4.78 is 0. The minimum Gasteiger partial charge on any atom is -0.506 e. The van der Waals surface area contributed by atoms with Crippen molar-refractivity contribution in [1.82, 2.24) is 4.98 Å². The molecular weight excluding hydrogens is 246 g/mol. The van der Waals surface area contributed by atoms with Crippen LogP contribution in [0, 0.1) is 10.1 Å². The Balaban J connectivity index is 2.42. The summed E-state index contributed by atoms with van der Waals surface area (Å²) in [5, 5.41) is 20.3. The number of hydrogen-bond acceptors (Lipinski definition) is 5. The Bertz CT molecular complexity index is 639. The van der Waals surface area contributed by atoms with E-state index in [1.165, 1.54) is 18.2 Å². The highest BCUT2D eigenvalue weighted by Crippen LogP contribution is 2.30. The van der Waals surface area contributed by atoms with Crippen molar-refractivity contribution in [1.29, 1.82) is 0 Å². The average Bonchev–Trinajstić information content (AvgIpc) is 2.42. The molecule has 0 aliphatic heterocycles. The zero-order chi connectivity index (χ0) is 13.8. The van der Waals surface area contributed by atoms with E-state index >= 15 is 0 Å². The van der Waals surface area contributed by atoms with Gasteiger partial charge in [0.25, 0.3) is 5.69 Å². The highest BCUT2D eigenvalue weighted by atomic mass is 16.6. The van der Waals surface area contributed by atoms with E-state index in [1.807, 2.05) is 6.07 Å². The van der Waals surface area contributed by atoms with Crippen molar-refractivity contribution in [2.75, 3.05) is 0 Å². The molecule has 0 saturated heterocycles. The van der Waals surface area contributed by atoms with Crippen LogP contribution in [0.4, 0.5) is 11.4 Å². The molecule has 2 aromatic rings. The van der Waals surface area contributed by atoms with Crippen LogP contribution in [0.3, 0.4) is 0 Å². The molecular formula is C13H11N3O3. The van der Waals surface area contributed by atoms with Crippen molar-refractivity contribution >= 4 is 17.1 Å². The SMILES string of the molecule is CC(=Nc1cc([N+](=O)[O-])ccc1O)c1ccccn1. The van der Waals surface area contributed by atoms with Gasteiger partial charge in [0.15, 0.2) is 0 Å². The topological polar surface area (TPSA) is 88.6 Å². The third kappa shape index (κ3) is 2.92. The van der Waals surface area contributed by atoms with Crippen molar-refractivity contribution in [2.45, 2.75) is 6.92 Å². The van der Waals surface area contributed by atoms with Crippen molar-refractivity contribution in [3.05, 3.63) is 58.4 Å². The van der Waals surface area contributed by atoms with Crippen LogP contribution >= 0.6 is 0 Å². The molecule has 19 heavy (non-hydrogen) atoms. The lowest BCUT2D eigenvalue weighted by Crippen LogP contribution is -1.97. The number of nitrogens with zero attached hydrogens (tertiary/aromatic N) is 3. The molecule has 0 bridgehead atoms. The fourth-order valence-electron chi connectivity index (χ4n) is 1.53. The minimum atomic E-state index is -0.533. The van der Waals surface area contributed by atoms with Gasteiger partial charge in [0.05, 0.1) is 16.3 Å². The lowest BCUT2D eigenvalue weighted by Gasteiger charge is -2.02. The quantitative estimate of drug-likeness (QED) is 0.520. The van der Waals surface area contributed by atoms with Crippen LogP contribution in [0.15, 0.2) is 47.6 Å². The Labute approximate surface area is 109 Å². The van der Waals surface area contributed by atoms with E-state index < -0.39 is 4.92 Å². The average molecular weight is 257 g/mol. The maximum atomic E-state index is 10.7. The number of aliphatic imine (C=N–C) groups is 1. The Morgan fingerprint density at radius 3 is 2.79 bits per heavy atom. The highest BCUT2D eigenvalue weighted by Gasteiger charge is 2.10. The van der Waals surface area contributed by atoms with Gasteiger partial charge in [-0.05, 0) is 25.1 Å². The molecule has 6 nitrogen and oxygen atoms in total. The molecule has 0 amide bonds. The van der Waals surface area contributed by atoms with Gasteiger partial charge in [-0.1, -0.05) is 6.07 Å². The number of aromatic hydroxyl groups is 1. The van der Waals surface area contributed by atoms with Gasteiger partial charge in [-0.3, -0.25) is 15.1 Å². The van der Waals surface area contributed by atoms with Crippen LogP contribution in [-0.2, 0) is 0 Å². The number of phenols is 1. The van der Waals surface area contributed by atoms with Gasteiger partial charge in [0, 0.05) is 18.3 Å². The predicted molar refractivity (Wildman–Crippen MR) is 70.9 cm³/mol. The van der Waals surface area contributed by atoms with E-state index in [1.54, 1.807) is 25.3 Å². The molecule has 96 valence electrons. The van der Waals surface area contributed by atoms with Gasteiger partial charge in [0.2, 0.25) is 0 Å². The van der Waals surface area contributed by atoms with E-state index in [2.05, 4.69) is 9.98 Å². The molecule has 0 unspecified atom stereocenters.